The summed E-state index contributed by atoms with van der Waals surface area (Å²) in [5.41, 5.74) is -0.435. The Bertz CT molecular complexity index is 692. The lowest BCUT2D eigenvalue weighted by atomic mass is 9.80. The van der Waals surface area contributed by atoms with Crippen molar-refractivity contribution in [3.63, 3.8) is 0 Å². The predicted molar refractivity (Wildman–Crippen MR) is 85.3 cm³/mol. The van der Waals surface area contributed by atoms with Gasteiger partial charge in [0.1, 0.15) is 0 Å². The number of halogens is 1. The van der Waals surface area contributed by atoms with E-state index in [4.69, 9.17) is 9.47 Å². The number of nitrogens with zero attached hydrogens (tertiary/aromatic N) is 3. The van der Waals surface area contributed by atoms with Crippen molar-refractivity contribution in [2.45, 2.75) is 18.4 Å². The number of ether oxygens (including phenoxy) is 2. The van der Waals surface area contributed by atoms with Crippen LogP contribution < -0.4 is 4.74 Å². The zero-order valence-corrected chi connectivity index (χ0v) is 14.6. The van der Waals surface area contributed by atoms with Gasteiger partial charge in [-0.25, -0.2) is 9.37 Å². The van der Waals surface area contributed by atoms with E-state index in [1.54, 1.807) is 0 Å². The highest BCUT2D eigenvalue weighted by atomic mass is 32.2. The van der Waals surface area contributed by atoms with Crippen LogP contribution in [0.3, 0.4) is 0 Å². The first-order valence-electron chi connectivity index (χ1n) is 7.90. The van der Waals surface area contributed by atoms with Crippen molar-refractivity contribution in [3.05, 3.63) is 24.1 Å². The molecule has 3 rings (SSSR count). The van der Waals surface area contributed by atoms with Gasteiger partial charge in [0.05, 0.1) is 12.2 Å². The lowest BCUT2D eigenvalue weighted by molar-refractivity contribution is -0.105. The molecular weight excluding hydrogens is 337 g/mol. The van der Waals surface area contributed by atoms with E-state index >= 15 is 0 Å². The Morgan fingerprint density at radius 1 is 1.50 bits per heavy atom. The Hall–Kier alpha value is -1.29. The molecule has 0 bridgehead atoms. The molecule has 24 heavy (non-hydrogen) atoms. The molecule has 0 aliphatic carbocycles. The summed E-state index contributed by atoms with van der Waals surface area (Å²) in [5.74, 6) is -0.296. The van der Waals surface area contributed by atoms with E-state index in [2.05, 4.69) is 4.98 Å². The van der Waals surface area contributed by atoms with E-state index in [0.717, 1.165) is 6.42 Å². The van der Waals surface area contributed by atoms with Crippen LogP contribution in [0.1, 0.15) is 12.8 Å². The second-order valence-electron chi connectivity index (χ2n) is 6.38. The first-order valence-corrected chi connectivity index (χ1v) is 9.30. The number of rotatable bonds is 6. The summed E-state index contributed by atoms with van der Waals surface area (Å²) in [6.45, 7) is 1.65. The maximum absolute atomic E-state index is 13.5. The lowest BCUT2D eigenvalue weighted by Crippen LogP contribution is -2.67. The maximum Gasteiger partial charge on any atom is 0.281 e. The molecule has 2 aliphatic heterocycles. The van der Waals surface area contributed by atoms with Gasteiger partial charge < -0.3 is 9.47 Å². The van der Waals surface area contributed by atoms with E-state index in [9.17, 15) is 12.8 Å². The molecule has 2 saturated heterocycles. The molecule has 1 spiro atoms. The summed E-state index contributed by atoms with van der Waals surface area (Å²) in [6, 6.07) is 2.81. The van der Waals surface area contributed by atoms with Crippen molar-refractivity contribution in [3.8, 4) is 5.88 Å². The van der Waals surface area contributed by atoms with Crippen LogP contribution in [-0.4, -0.2) is 68.0 Å². The van der Waals surface area contributed by atoms with E-state index in [-0.39, 0.29) is 11.8 Å². The van der Waals surface area contributed by atoms with Crippen LogP contribution in [0.2, 0.25) is 0 Å². The van der Waals surface area contributed by atoms with Crippen LogP contribution in [0, 0.1) is 11.7 Å². The molecule has 2 fully saturated rings. The lowest BCUT2D eigenvalue weighted by Gasteiger charge is -2.49. The van der Waals surface area contributed by atoms with Crippen molar-refractivity contribution >= 4 is 10.2 Å². The van der Waals surface area contributed by atoms with Gasteiger partial charge in [-0.1, -0.05) is 0 Å². The summed E-state index contributed by atoms with van der Waals surface area (Å²) in [4.78, 5) is 3.86. The minimum atomic E-state index is -3.40. The topological polar surface area (TPSA) is 72.0 Å². The molecule has 0 saturated carbocycles. The molecule has 1 aromatic heterocycles. The zero-order chi connectivity index (χ0) is 17.4. The number of aromatic nitrogens is 1. The minimum Gasteiger partial charge on any atom is -0.476 e. The van der Waals surface area contributed by atoms with Gasteiger partial charge >= 0.3 is 0 Å². The Morgan fingerprint density at radius 3 is 2.92 bits per heavy atom. The molecule has 0 aromatic carbocycles. The normalized spacial score (nSPS) is 23.6. The van der Waals surface area contributed by atoms with Gasteiger partial charge in [-0.2, -0.15) is 17.0 Å². The van der Waals surface area contributed by atoms with Crippen molar-refractivity contribution in [2.24, 2.45) is 5.92 Å². The number of hydrogen-bond acceptors (Lipinski definition) is 5. The van der Waals surface area contributed by atoms with Gasteiger partial charge in [-0.15, -0.1) is 0 Å². The standard InChI is InChI=1S/C15H22FN3O4S/c1-18(2)24(20,21)19-10-15(11-19)12(6-9-23-15)5-8-22-14-13(16)4-3-7-17-14/h3-4,7,12H,5-6,8-11H2,1-2H3/t12-/m1/s1. The first-order chi connectivity index (χ1) is 11.3. The van der Waals surface area contributed by atoms with Crippen molar-refractivity contribution in [1.82, 2.24) is 13.6 Å². The summed E-state index contributed by atoms with van der Waals surface area (Å²) in [7, 11) is -0.367. The Kier molecular flexibility index (Phi) is 4.78. The summed E-state index contributed by atoms with van der Waals surface area (Å²) >= 11 is 0. The molecule has 1 atom stereocenters. The van der Waals surface area contributed by atoms with E-state index < -0.39 is 21.6 Å². The molecule has 2 aliphatic rings. The molecule has 0 unspecified atom stereocenters. The second-order valence-corrected chi connectivity index (χ2v) is 8.53. The van der Waals surface area contributed by atoms with E-state index in [1.807, 2.05) is 0 Å². The quantitative estimate of drug-likeness (QED) is 0.754. The highest BCUT2D eigenvalue weighted by Gasteiger charge is 2.56. The highest BCUT2D eigenvalue weighted by Crippen LogP contribution is 2.42. The molecular formula is C15H22FN3O4S. The zero-order valence-electron chi connectivity index (χ0n) is 13.8. The average molecular weight is 359 g/mol. The molecule has 9 heteroatoms. The van der Waals surface area contributed by atoms with Crippen LogP contribution in [-0.2, 0) is 14.9 Å². The van der Waals surface area contributed by atoms with Crippen molar-refractivity contribution in [1.29, 1.82) is 0 Å². The Labute approximate surface area is 141 Å². The van der Waals surface area contributed by atoms with Crippen LogP contribution in [0.5, 0.6) is 5.88 Å². The van der Waals surface area contributed by atoms with Crippen molar-refractivity contribution < 1.29 is 22.3 Å². The third-order valence-electron chi connectivity index (χ3n) is 4.71. The maximum atomic E-state index is 13.5. The third kappa shape index (κ3) is 3.13. The van der Waals surface area contributed by atoms with Crippen molar-refractivity contribution in [2.75, 3.05) is 40.4 Å². The predicted octanol–water partition coefficient (Wildman–Crippen LogP) is 0.887. The van der Waals surface area contributed by atoms with Gasteiger partial charge in [0.2, 0.25) is 5.88 Å². The fraction of sp³-hybridized carbons (Fsp3) is 0.667. The molecule has 1 aromatic rings. The smallest absolute Gasteiger partial charge is 0.281 e. The molecule has 0 amide bonds. The summed E-state index contributed by atoms with van der Waals surface area (Å²) in [5, 5.41) is 0. The average Bonchev–Trinajstić information content (AvgIpc) is 2.91. The fourth-order valence-corrected chi connectivity index (χ4v) is 4.49. The largest absolute Gasteiger partial charge is 0.476 e. The first kappa shape index (κ1) is 17.5. The number of hydrogen-bond donors (Lipinski definition) is 0. The monoisotopic (exact) mass is 359 g/mol. The van der Waals surface area contributed by atoms with Crippen LogP contribution in [0.25, 0.3) is 0 Å². The van der Waals surface area contributed by atoms with Crippen LogP contribution >= 0.6 is 0 Å². The molecule has 7 nitrogen and oxygen atoms in total. The van der Waals surface area contributed by atoms with Crippen LogP contribution in [0.4, 0.5) is 4.39 Å². The molecule has 0 N–H and O–H groups in total. The van der Waals surface area contributed by atoms with Gasteiger partial charge in [0.15, 0.2) is 5.82 Å². The Balaban J connectivity index is 1.55. The highest BCUT2D eigenvalue weighted by molar-refractivity contribution is 7.86. The Morgan fingerprint density at radius 2 is 2.25 bits per heavy atom. The van der Waals surface area contributed by atoms with E-state index in [0.29, 0.717) is 32.7 Å². The van der Waals surface area contributed by atoms with Gasteiger partial charge in [-0.05, 0) is 30.9 Å². The second kappa shape index (κ2) is 6.55. The van der Waals surface area contributed by atoms with Crippen LogP contribution in [0.15, 0.2) is 18.3 Å². The van der Waals surface area contributed by atoms with E-state index in [1.165, 1.54) is 41.0 Å². The summed E-state index contributed by atoms with van der Waals surface area (Å²) < 4.78 is 51.6. The minimum absolute atomic E-state index is 0.00381. The van der Waals surface area contributed by atoms with Gasteiger partial charge in [0.25, 0.3) is 10.2 Å². The third-order valence-corrected chi connectivity index (χ3v) is 6.54. The van der Waals surface area contributed by atoms with Gasteiger partial charge in [0, 0.05) is 40.0 Å². The molecule has 134 valence electrons. The molecule has 3 heterocycles. The number of pyridine rings is 1. The van der Waals surface area contributed by atoms with Gasteiger partial charge in [-0.3, -0.25) is 0 Å². The fourth-order valence-electron chi connectivity index (χ4n) is 3.26. The molecule has 0 radical (unpaired) electrons. The SMILES string of the molecule is CN(C)S(=O)(=O)N1CC2(C1)OCC[C@H]2CCOc1ncccc1F. The summed E-state index contributed by atoms with van der Waals surface area (Å²) in [6.07, 6.45) is 3.00.